The van der Waals surface area contributed by atoms with E-state index in [1.165, 1.54) is 24.0 Å². The summed E-state index contributed by atoms with van der Waals surface area (Å²) < 4.78 is 0. The molecule has 1 atom stereocenters. The van der Waals surface area contributed by atoms with Gasteiger partial charge in [0.2, 0.25) is 11.8 Å². The van der Waals surface area contributed by atoms with Gasteiger partial charge in [-0.25, -0.2) is 0 Å². The molecule has 0 aliphatic carbocycles. The Morgan fingerprint density at radius 1 is 1.04 bits per heavy atom. The van der Waals surface area contributed by atoms with E-state index in [0.717, 1.165) is 31.6 Å². The molecule has 2 fully saturated rings. The molecule has 4 heteroatoms. The first kappa shape index (κ1) is 16.0. The molecule has 4 nitrogen and oxygen atoms in total. The predicted octanol–water partition coefficient (Wildman–Crippen LogP) is 3.06. The summed E-state index contributed by atoms with van der Waals surface area (Å²) in [7, 11) is 0. The van der Waals surface area contributed by atoms with Crippen LogP contribution in [0.4, 0.5) is 5.69 Å². The predicted molar refractivity (Wildman–Crippen MR) is 91.4 cm³/mol. The molecular formula is C19H26N2O2. The van der Waals surface area contributed by atoms with Crippen LogP contribution in [0, 0.1) is 19.8 Å². The number of anilines is 1. The third-order valence-electron chi connectivity index (χ3n) is 5.19. The van der Waals surface area contributed by atoms with E-state index < -0.39 is 0 Å². The molecule has 3 rings (SSSR count). The SMILES string of the molecule is Cc1ccc(N2C[C@@H](C(=O)N3CCCCCC3)CC2=O)cc1C. The van der Waals surface area contributed by atoms with Gasteiger partial charge in [0.05, 0.1) is 5.92 Å². The summed E-state index contributed by atoms with van der Waals surface area (Å²) >= 11 is 0. The number of benzene rings is 1. The summed E-state index contributed by atoms with van der Waals surface area (Å²) in [6.45, 7) is 6.35. The van der Waals surface area contributed by atoms with E-state index in [1.54, 1.807) is 4.90 Å². The molecule has 0 radical (unpaired) electrons. The molecule has 1 aromatic rings. The second-order valence-corrected chi connectivity index (χ2v) is 6.91. The smallest absolute Gasteiger partial charge is 0.228 e. The Hall–Kier alpha value is -1.84. The van der Waals surface area contributed by atoms with Gasteiger partial charge in [-0.2, -0.15) is 0 Å². The topological polar surface area (TPSA) is 40.6 Å². The lowest BCUT2D eigenvalue weighted by molar-refractivity contribution is -0.135. The average molecular weight is 314 g/mol. The molecule has 2 amide bonds. The van der Waals surface area contributed by atoms with Crippen molar-refractivity contribution in [2.24, 2.45) is 5.92 Å². The summed E-state index contributed by atoms with van der Waals surface area (Å²) in [5.74, 6) is 0.0650. The van der Waals surface area contributed by atoms with Crippen LogP contribution in [0.25, 0.3) is 0 Å². The zero-order valence-electron chi connectivity index (χ0n) is 14.2. The summed E-state index contributed by atoms with van der Waals surface area (Å²) in [6.07, 6.45) is 4.95. The van der Waals surface area contributed by atoms with Crippen LogP contribution in [0.2, 0.25) is 0 Å². The Morgan fingerprint density at radius 3 is 2.39 bits per heavy atom. The van der Waals surface area contributed by atoms with Gasteiger partial charge in [0.1, 0.15) is 0 Å². The number of carbonyl (C=O) groups is 2. The molecule has 23 heavy (non-hydrogen) atoms. The summed E-state index contributed by atoms with van der Waals surface area (Å²) in [5.41, 5.74) is 3.32. The van der Waals surface area contributed by atoms with Crippen molar-refractivity contribution in [2.75, 3.05) is 24.5 Å². The van der Waals surface area contributed by atoms with Gasteiger partial charge in [-0.15, -0.1) is 0 Å². The van der Waals surface area contributed by atoms with E-state index in [4.69, 9.17) is 0 Å². The highest BCUT2D eigenvalue weighted by Gasteiger charge is 2.37. The van der Waals surface area contributed by atoms with Gasteiger partial charge in [0.15, 0.2) is 0 Å². The number of likely N-dealkylation sites (tertiary alicyclic amines) is 1. The zero-order chi connectivity index (χ0) is 16.4. The maximum absolute atomic E-state index is 12.7. The molecule has 2 heterocycles. The van der Waals surface area contributed by atoms with E-state index in [9.17, 15) is 9.59 Å². The second-order valence-electron chi connectivity index (χ2n) is 6.91. The number of carbonyl (C=O) groups excluding carboxylic acids is 2. The lowest BCUT2D eigenvalue weighted by Crippen LogP contribution is -2.38. The van der Waals surface area contributed by atoms with Crippen LogP contribution in [0.5, 0.6) is 0 Å². The third-order valence-corrected chi connectivity index (χ3v) is 5.19. The largest absolute Gasteiger partial charge is 0.342 e. The van der Waals surface area contributed by atoms with Crippen LogP contribution in [0.3, 0.4) is 0 Å². The highest BCUT2D eigenvalue weighted by Crippen LogP contribution is 2.28. The lowest BCUT2D eigenvalue weighted by Gasteiger charge is -2.24. The molecule has 0 aromatic heterocycles. The quantitative estimate of drug-likeness (QED) is 0.842. The molecule has 0 unspecified atom stereocenters. The molecule has 124 valence electrons. The summed E-state index contributed by atoms with van der Waals surface area (Å²) in [6, 6.07) is 6.08. The average Bonchev–Trinajstić information content (AvgIpc) is 2.75. The zero-order valence-corrected chi connectivity index (χ0v) is 14.2. The van der Waals surface area contributed by atoms with E-state index >= 15 is 0 Å². The minimum absolute atomic E-state index is 0.0708. The van der Waals surface area contributed by atoms with Crippen LogP contribution in [-0.2, 0) is 9.59 Å². The van der Waals surface area contributed by atoms with Crippen molar-refractivity contribution in [1.82, 2.24) is 4.90 Å². The van der Waals surface area contributed by atoms with E-state index in [0.29, 0.717) is 13.0 Å². The molecule has 2 aliphatic rings. The van der Waals surface area contributed by atoms with Crippen LogP contribution < -0.4 is 4.90 Å². The van der Waals surface area contributed by atoms with E-state index in [-0.39, 0.29) is 17.7 Å². The third kappa shape index (κ3) is 3.41. The minimum atomic E-state index is -0.179. The van der Waals surface area contributed by atoms with Gasteiger partial charge >= 0.3 is 0 Å². The summed E-state index contributed by atoms with van der Waals surface area (Å²) in [4.78, 5) is 28.9. The summed E-state index contributed by atoms with van der Waals surface area (Å²) in [5, 5.41) is 0. The van der Waals surface area contributed by atoms with E-state index in [2.05, 4.69) is 13.8 Å². The number of aryl methyl sites for hydroxylation is 2. The number of amides is 2. The van der Waals surface area contributed by atoms with Gasteiger partial charge in [-0.3, -0.25) is 9.59 Å². The Bertz CT molecular complexity index is 603. The lowest BCUT2D eigenvalue weighted by atomic mass is 10.1. The molecule has 2 aliphatic heterocycles. The second kappa shape index (κ2) is 6.73. The van der Waals surface area contributed by atoms with Crippen molar-refractivity contribution in [1.29, 1.82) is 0 Å². The maximum atomic E-state index is 12.7. The van der Waals surface area contributed by atoms with Crippen molar-refractivity contribution < 1.29 is 9.59 Å². The first-order valence-corrected chi connectivity index (χ1v) is 8.72. The highest BCUT2D eigenvalue weighted by molar-refractivity contribution is 6.00. The number of rotatable bonds is 2. The number of nitrogens with zero attached hydrogens (tertiary/aromatic N) is 2. The van der Waals surface area contributed by atoms with Gasteiger partial charge in [-0.1, -0.05) is 18.9 Å². The first-order valence-electron chi connectivity index (χ1n) is 8.72. The fourth-order valence-electron chi connectivity index (χ4n) is 3.57. The van der Waals surface area contributed by atoms with Gasteiger partial charge in [0.25, 0.3) is 0 Å². The van der Waals surface area contributed by atoms with Crippen molar-refractivity contribution in [2.45, 2.75) is 46.0 Å². The number of hydrogen-bond donors (Lipinski definition) is 0. The van der Waals surface area contributed by atoms with Gasteiger partial charge in [0, 0.05) is 31.7 Å². The monoisotopic (exact) mass is 314 g/mol. The standard InChI is InChI=1S/C19H26N2O2/c1-14-7-8-17(11-15(14)2)21-13-16(12-18(21)22)19(23)20-9-5-3-4-6-10-20/h7-8,11,16H,3-6,9-10,12-13H2,1-2H3/t16-/m0/s1. The maximum Gasteiger partial charge on any atom is 0.228 e. The molecule has 2 saturated heterocycles. The van der Waals surface area contributed by atoms with E-state index in [1.807, 2.05) is 23.1 Å². The molecule has 0 bridgehead atoms. The molecule has 0 spiro atoms. The van der Waals surface area contributed by atoms with Crippen LogP contribution in [-0.4, -0.2) is 36.3 Å². The van der Waals surface area contributed by atoms with Crippen LogP contribution >= 0.6 is 0 Å². The van der Waals surface area contributed by atoms with Crippen molar-refractivity contribution in [3.63, 3.8) is 0 Å². The normalized spacial score (nSPS) is 22.3. The minimum Gasteiger partial charge on any atom is -0.342 e. The van der Waals surface area contributed by atoms with Crippen LogP contribution in [0.15, 0.2) is 18.2 Å². The van der Waals surface area contributed by atoms with Gasteiger partial charge in [-0.05, 0) is 49.9 Å². The molecule has 0 saturated carbocycles. The fraction of sp³-hybridized carbons (Fsp3) is 0.579. The van der Waals surface area contributed by atoms with Crippen molar-refractivity contribution in [3.8, 4) is 0 Å². The van der Waals surface area contributed by atoms with Crippen molar-refractivity contribution in [3.05, 3.63) is 29.3 Å². The van der Waals surface area contributed by atoms with Gasteiger partial charge < -0.3 is 9.80 Å². The molecule has 0 N–H and O–H groups in total. The molecular weight excluding hydrogens is 288 g/mol. The Morgan fingerprint density at radius 2 is 1.74 bits per heavy atom. The Balaban J connectivity index is 1.71. The first-order chi connectivity index (χ1) is 11.1. The van der Waals surface area contributed by atoms with Crippen LogP contribution in [0.1, 0.15) is 43.2 Å². The molecule has 1 aromatic carbocycles. The Labute approximate surface area is 138 Å². The highest BCUT2D eigenvalue weighted by atomic mass is 16.2. The van der Waals surface area contributed by atoms with Crippen molar-refractivity contribution >= 4 is 17.5 Å². The number of hydrogen-bond acceptors (Lipinski definition) is 2. The fourth-order valence-corrected chi connectivity index (χ4v) is 3.57. The Kier molecular flexibility index (Phi) is 4.69.